The Labute approximate surface area is 135 Å². The number of hydrogen-bond acceptors (Lipinski definition) is 3. The molecule has 22 heavy (non-hydrogen) atoms. The number of carbonyl (C=O) groups is 2. The summed E-state index contributed by atoms with van der Waals surface area (Å²) in [6.07, 6.45) is 0. The molecule has 0 spiro atoms. The minimum absolute atomic E-state index is 0.193. The molecule has 2 aromatic rings. The molecule has 2 aromatic carbocycles. The lowest BCUT2D eigenvalue weighted by atomic mass is 10.2. The van der Waals surface area contributed by atoms with E-state index in [2.05, 4.69) is 5.32 Å². The third kappa shape index (κ3) is 4.44. The van der Waals surface area contributed by atoms with Gasteiger partial charge in [-0.2, -0.15) is 0 Å². The first-order valence-electron chi connectivity index (χ1n) is 6.13. The Morgan fingerprint density at radius 2 is 1.68 bits per heavy atom. The van der Waals surface area contributed by atoms with Crippen LogP contribution in [0.25, 0.3) is 0 Å². The summed E-state index contributed by atoms with van der Waals surface area (Å²) in [7, 11) is 0. The monoisotopic (exact) mass is 341 g/mol. The van der Waals surface area contributed by atoms with E-state index in [0.717, 1.165) is 12.1 Å². The number of carbonyl (C=O) groups excluding carboxylic acids is 2. The molecular weight excluding hydrogens is 332 g/mol. The van der Waals surface area contributed by atoms with Gasteiger partial charge in [-0.15, -0.1) is 0 Å². The summed E-state index contributed by atoms with van der Waals surface area (Å²) >= 11 is 11.4. The van der Waals surface area contributed by atoms with Crippen molar-refractivity contribution in [1.82, 2.24) is 0 Å². The van der Waals surface area contributed by atoms with E-state index in [4.69, 9.17) is 27.9 Å². The highest BCUT2D eigenvalue weighted by Crippen LogP contribution is 2.16. The Morgan fingerprint density at radius 1 is 1.05 bits per heavy atom. The smallest absolute Gasteiger partial charge is 0.341 e. The number of hydrogen-bond donors (Lipinski definition) is 1. The van der Waals surface area contributed by atoms with E-state index in [1.165, 1.54) is 6.07 Å². The van der Waals surface area contributed by atoms with Crippen LogP contribution in [0, 0.1) is 5.82 Å². The molecule has 0 heterocycles. The van der Waals surface area contributed by atoms with E-state index in [1.807, 2.05) is 0 Å². The van der Waals surface area contributed by atoms with Crippen LogP contribution in [0.2, 0.25) is 10.0 Å². The van der Waals surface area contributed by atoms with Gasteiger partial charge >= 0.3 is 5.97 Å². The van der Waals surface area contributed by atoms with Crippen LogP contribution in [-0.2, 0) is 9.53 Å². The molecule has 0 fully saturated rings. The summed E-state index contributed by atoms with van der Waals surface area (Å²) in [6.45, 7) is -0.548. The van der Waals surface area contributed by atoms with Gasteiger partial charge in [0.1, 0.15) is 5.82 Å². The van der Waals surface area contributed by atoms with E-state index in [1.54, 1.807) is 24.3 Å². The lowest BCUT2D eigenvalue weighted by molar-refractivity contribution is -0.119. The van der Waals surface area contributed by atoms with Gasteiger partial charge in [-0.1, -0.05) is 23.2 Å². The Bertz CT molecular complexity index is 704. The van der Waals surface area contributed by atoms with Gasteiger partial charge in [-0.25, -0.2) is 9.18 Å². The maximum atomic E-state index is 13.5. The summed E-state index contributed by atoms with van der Waals surface area (Å²) in [5.41, 5.74) is 0.172. The van der Waals surface area contributed by atoms with Crippen LogP contribution >= 0.6 is 23.2 Å². The summed E-state index contributed by atoms with van der Waals surface area (Å²) in [6, 6.07) is 9.89. The van der Waals surface area contributed by atoms with Crippen molar-refractivity contribution >= 4 is 40.8 Å². The fraction of sp³-hybridized carbons (Fsp3) is 0.0667. The predicted octanol–water partition coefficient (Wildman–Crippen LogP) is 3.93. The molecule has 1 amide bonds. The minimum Gasteiger partial charge on any atom is -0.452 e. The average Bonchev–Trinajstić information content (AvgIpc) is 2.49. The molecule has 0 atom stereocenters. The zero-order chi connectivity index (χ0) is 16.1. The van der Waals surface area contributed by atoms with Gasteiger partial charge in [0.2, 0.25) is 0 Å². The fourth-order valence-corrected chi connectivity index (χ4v) is 1.89. The van der Waals surface area contributed by atoms with Crippen LogP contribution in [0.1, 0.15) is 10.4 Å². The lowest BCUT2D eigenvalue weighted by Crippen LogP contribution is -2.21. The first-order chi connectivity index (χ1) is 10.5. The first-order valence-corrected chi connectivity index (χ1v) is 6.89. The number of rotatable bonds is 4. The molecule has 114 valence electrons. The van der Waals surface area contributed by atoms with Crippen LogP contribution in [-0.4, -0.2) is 18.5 Å². The largest absolute Gasteiger partial charge is 0.452 e. The quantitative estimate of drug-likeness (QED) is 0.857. The normalized spacial score (nSPS) is 10.1. The number of amides is 1. The number of benzene rings is 2. The summed E-state index contributed by atoms with van der Waals surface area (Å²) in [5, 5.41) is 3.23. The van der Waals surface area contributed by atoms with E-state index in [9.17, 15) is 14.0 Å². The first kappa shape index (κ1) is 16.3. The van der Waals surface area contributed by atoms with Gasteiger partial charge < -0.3 is 10.1 Å². The molecule has 4 nitrogen and oxygen atoms in total. The minimum atomic E-state index is -0.966. The van der Waals surface area contributed by atoms with Gasteiger partial charge in [0.25, 0.3) is 5.91 Å². The molecule has 0 unspecified atom stereocenters. The number of nitrogens with one attached hydrogen (secondary N) is 1. The predicted molar refractivity (Wildman–Crippen MR) is 81.8 cm³/mol. The highest BCUT2D eigenvalue weighted by molar-refractivity contribution is 6.31. The van der Waals surface area contributed by atoms with Gasteiger partial charge in [-0.3, -0.25) is 4.79 Å². The van der Waals surface area contributed by atoms with E-state index in [0.29, 0.717) is 10.7 Å². The van der Waals surface area contributed by atoms with Crippen LogP contribution in [0.5, 0.6) is 0 Å². The number of halogens is 3. The molecule has 0 saturated heterocycles. The van der Waals surface area contributed by atoms with Crippen LogP contribution in [0.4, 0.5) is 10.1 Å². The Morgan fingerprint density at radius 3 is 2.36 bits per heavy atom. The molecule has 0 radical (unpaired) electrons. The molecule has 1 N–H and O–H groups in total. The van der Waals surface area contributed by atoms with Crippen molar-refractivity contribution in [3.8, 4) is 0 Å². The van der Waals surface area contributed by atoms with E-state index < -0.39 is 24.3 Å². The summed E-state index contributed by atoms with van der Waals surface area (Å²) in [5.74, 6) is -2.29. The molecule has 0 aromatic heterocycles. The molecule has 0 aliphatic carbocycles. The maximum absolute atomic E-state index is 13.5. The van der Waals surface area contributed by atoms with Crippen LogP contribution < -0.4 is 5.32 Å². The fourth-order valence-electron chi connectivity index (χ4n) is 1.59. The lowest BCUT2D eigenvalue weighted by Gasteiger charge is -2.07. The van der Waals surface area contributed by atoms with E-state index in [-0.39, 0.29) is 10.6 Å². The second kappa shape index (κ2) is 7.24. The van der Waals surface area contributed by atoms with Gasteiger partial charge in [0, 0.05) is 15.7 Å². The van der Waals surface area contributed by atoms with Crippen molar-refractivity contribution in [2.24, 2.45) is 0 Å². The van der Waals surface area contributed by atoms with Crippen molar-refractivity contribution in [1.29, 1.82) is 0 Å². The number of anilines is 1. The average molecular weight is 342 g/mol. The van der Waals surface area contributed by atoms with Gasteiger partial charge in [0.15, 0.2) is 6.61 Å². The van der Waals surface area contributed by atoms with Gasteiger partial charge in [-0.05, 0) is 42.5 Å². The molecule has 0 saturated carbocycles. The summed E-state index contributed by atoms with van der Waals surface area (Å²) in [4.78, 5) is 23.3. The maximum Gasteiger partial charge on any atom is 0.341 e. The van der Waals surface area contributed by atoms with Crippen LogP contribution in [0.3, 0.4) is 0 Å². The summed E-state index contributed by atoms with van der Waals surface area (Å²) < 4.78 is 18.2. The van der Waals surface area contributed by atoms with Crippen molar-refractivity contribution < 1.29 is 18.7 Å². The number of ether oxygens (including phenoxy) is 1. The van der Waals surface area contributed by atoms with Crippen molar-refractivity contribution in [3.05, 3.63) is 63.9 Å². The third-order valence-corrected chi connectivity index (χ3v) is 3.10. The Hall–Kier alpha value is -2.11. The highest BCUT2D eigenvalue weighted by Gasteiger charge is 2.15. The zero-order valence-corrected chi connectivity index (χ0v) is 12.6. The molecule has 0 bridgehead atoms. The van der Waals surface area contributed by atoms with Crippen LogP contribution in [0.15, 0.2) is 42.5 Å². The molecule has 7 heteroatoms. The molecule has 2 rings (SSSR count). The second-order valence-corrected chi connectivity index (χ2v) is 5.13. The Balaban J connectivity index is 1.91. The number of esters is 1. The molecular formula is C15H10Cl2FNO3. The topological polar surface area (TPSA) is 55.4 Å². The Kier molecular flexibility index (Phi) is 5.35. The van der Waals surface area contributed by atoms with Crippen molar-refractivity contribution in [3.63, 3.8) is 0 Å². The second-order valence-electron chi connectivity index (χ2n) is 4.26. The molecule has 0 aliphatic heterocycles. The third-order valence-electron chi connectivity index (χ3n) is 2.61. The van der Waals surface area contributed by atoms with Gasteiger partial charge in [0.05, 0.1) is 5.56 Å². The van der Waals surface area contributed by atoms with E-state index >= 15 is 0 Å². The molecule has 0 aliphatic rings. The highest BCUT2D eigenvalue weighted by atomic mass is 35.5. The zero-order valence-electron chi connectivity index (χ0n) is 11.1. The van der Waals surface area contributed by atoms with Crippen molar-refractivity contribution in [2.75, 3.05) is 11.9 Å². The SMILES string of the molecule is O=C(COC(=O)c1cc(Cl)ccc1F)Nc1ccc(Cl)cc1. The standard InChI is InChI=1S/C15H10Cl2FNO3/c16-9-1-4-11(5-2-9)19-14(20)8-22-15(21)12-7-10(17)3-6-13(12)18/h1-7H,8H2,(H,19,20). The van der Waals surface area contributed by atoms with Crippen molar-refractivity contribution in [2.45, 2.75) is 0 Å².